The Balaban J connectivity index is 2.19. The van der Waals surface area contributed by atoms with Crippen molar-refractivity contribution in [2.45, 2.75) is 32.7 Å². The molecule has 2 nitrogen and oxygen atoms in total. The van der Waals surface area contributed by atoms with Gasteiger partial charge in [0.25, 0.3) is 0 Å². The second-order valence-electron chi connectivity index (χ2n) is 4.04. The summed E-state index contributed by atoms with van der Waals surface area (Å²) < 4.78 is 0. The van der Waals surface area contributed by atoms with Crippen LogP contribution in [0.2, 0.25) is 5.02 Å². The van der Waals surface area contributed by atoms with Gasteiger partial charge in [0.2, 0.25) is 0 Å². The van der Waals surface area contributed by atoms with Crippen LogP contribution in [0, 0.1) is 6.92 Å². The molecule has 1 aromatic rings. The molecule has 0 spiro atoms. The molecule has 16 heavy (non-hydrogen) atoms. The number of unbranched alkanes of at least 4 members (excludes halogenated alkanes) is 2. The third-order valence-electron chi connectivity index (χ3n) is 2.58. The first-order valence-corrected chi connectivity index (χ1v) is 6.18. The molecule has 0 heterocycles. The molecule has 0 saturated heterocycles. The van der Waals surface area contributed by atoms with E-state index in [-0.39, 0.29) is 0 Å². The van der Waals surface area contributed by atoms with Crippen molar-refractivity contribution in [3.63, 3.8) is 0 Å². The van der Waals surface area contributed by atoms with Crippen LogP contribution in [0.5, 0.6) is 0 Å². The lowest BCUT2D eigenvalue weighted by Gasteiger charge is -2.06. The summed E-state index contributed by atoms with van der Waals surface area (Å²) in [6, 6.07) is 6.16. The molecule has 0 saturated carbocycles. The Morgan fingerprint density at radius 3 is 2.75 bits per heavy atom. The van der Waals surface area contributed by atoms with Gasteiger partial charge in [-0.25, -0.2) is 0 Å². The van der Waals surface area contributed by atoms with Crippen LogP contribution in [0.4, 0.5) is 0 Å². The van der Waals surface area contributed by atoms with Gasteiger partial charge >= 0.3 is 0 Å². The maximum atomic E-state index is 8.62. The average molecular weight is 242 g/mol. The Hall–Kier alpha value is -0.570. The Labute approximate surface area is 103 Å². The summed E-state index contributed by atoms with van der Waals surface area (Å²) in [5, 5.41) is 12.8. The van der Waals surface area contributed by atoms with Crippen LogP contribution in [0.25, 0.3) is 0 Å². The smallest absolute Gasteiger partial charge is 0.0438 e. The Morgan fingerprint density at radius 1 is 1.25 bits per heavy atom. The molecule has 0 aliphatic rings. The van der Waals surface area contributed by atoms with Gasteiger partial charge < -0.3 is 10.4 Å². The van der Waals surface area contributed by atoms with Gasteiger partial charge in [0.05, 0.1) is 0 Å². The highest BCUT2D eigenvalue weighted by atomic mass is 35.5. The largest absolute Gasteiger partial charge is 0.396 e. The molecule has 0 atom stereocenters. The highest BCUT2D eigenvalue weighted by Gasteiger charge is 1.97. The fourth-order valence-corrected chi connectivity index (χ4v) is 1.72. The molecule has 0 aliphatic heterocycles. The monoisotopic (exact) mass is 241 g/mol. The lowest BCUT2D eigenvalue weighted by Crippen LogP contribution is -2.14. The lowest BCUT2D eigenvalue weighted by molar-refractivity contribution is 0.283. The van der Waals surface area contributed by atoms with Crippen molar-refractivity contribution in [1.29, 1.82) is 0 Å². The van der Waals surface area contributed by atoms with Crippen molar-refractivity contribution in [2.24, 2.45) is 0 Å². The first-order valence-electron chi connectivity index (χ1n) is 5.80. The SMILES string of the molecule is Cc1ccc(CNCCCCCO)cc1Cl. The topological polar surface area (TPSA) is 32.3 Å². The van der Waals surface area contributed by atoms with Crippen molar-refractivity contribution in [3.05, 3.63) is 34.3 Å². The van der Waals surface area contributed by atoms with Crippen molar-refractivity contribution in [1.82, 2.24) is 5.32 Å². The van der Waals surface area contributed by atoms with E-state index in [1.165, 1.54) is 5.56 Å². The molecule has 2 N–H and O–H groups in total. The zero-order chi connectivity index (χ0) is 11.8. The summed E-state index contributed by atoms with van der Waals surface area (Å²) in [6.45, 7) is 4.16. The standard InChI is InChI=1S/C13H20ClNO/c1-11-5-6-12(9-13(11)14)10-15-7-3-2-4-8-16/h5-6,9,15-16H,2-4,7-8,10H2,1H3. The summed E-state index contributed by atoms with van der Waals surface area (Å²) in [4.78, 5) is 0. The zero-order valence-electron chi connectivity index (χ0n) is 9.80. The minimum absolute atomic E-state index is 0.299. The first-order chi connectivity index (χ1) is 7.74. The number of aryl methyl sites for hydroxylation is 1. The number of benzene rings is 1. The molecule has 0 amide bonds. The first kappa shape index (κ1) is 13.5. The highest BCUT2D eigenvalue weighted by molar-refractivity contribution is 6.31. The van der Waals surface area contributed by atoms with Crippen LogP contribution in [0.3, 0.4) is 0 Å². The predicted molar refractivity (Wildman–Crippen MR) is 68.8 cm³/mol. The van der Waals surface area contributed by atoms with E-state index >= 15 is 0 Å². The van der Waals surface area contributed by atoms with Gasteiger partial charge in [-0.2, -0.15) is 0 Å². The molecule has 3 heteroatoms. The number of aliphatic hydroxyl groups is 1. The van der Waals surface area contributed by atoms with Crippen molar-refractivity contribution >= 4 is 11.6 Å². The third-order valence-corrected chi connectivity index (χ3v) is 2.98. The Bertz CT molecular complexity index is 315. The Morgan fingerprint density at radius 2 is 2.06 bits per heavy atom. The van der Waals surface area contributed by atoms with E-state index in [0.29, 0.717) is 6.61 Å². The van der Waals surface area contributed by atoms with E-state index in [0.717, 1.165) is 42.9 Å². The summed E-state index contributed by atoms with van der Waals surface area (Å²) in [6.07, 6.45) is 3.09. The van der Waals surface area contributed by atoms with E-state index in [9.17, 15) is 0 Å². The number of halogens is 1. The van der Waals surface area contributed by atoms with Gasteiger partial charge in [0, 0.05) is 18.2 Å². The number of hydrogen-bond acceptors (Lipinski definition) is 2. The average Bonchev–Trinajstić information content (AvgIpc) is 2.28. The van der Waals surface area contributed by atoms with Crippen LogP contribution in [-0.4, -0.2) is 18.3 Å². The number of hydrogen-bond donors (Lipinski definition) is 2. The maximum Gasteiger partial charge on any atom is 0.0438 e. The molecule has 0 aliphatic carbocycles. The lowest BCUT2D eigenvalue weighted by atomic mass is 10.1. The van der Waals surface area contributed by atoms with Crippen LogP contribution < -0.4 is 5.32 Å². The highest BCUT2D eigenvalue weighted by Crippen LogP contribution is 2.16. The third kappa shape index (κ3) is 4.97. The molecule has 0 unspecified atom stereocenters. The normalized spacial score (nSPS) is 10.7. The van der Waals surface area contributed by atoms with Gasteiger partial charge in [-0.3, -0.25) is 0 Å². The molecule has 0 fully saturated rings. The fourth-order valence-electron chi connectivity index (χ4n) is 1.52. The molecule has 0 aromatic heterocycles. The van der Waals surface area contributed by atoms with Crippen molar-refractivity contribution in [2.75, 3.05) is 13.2 Å². The molecule has 0 bridgehead atoms. The van der Waals surface area contributed by atoms with Crippen LogP contribution in [-0.2, 0) is 6.54 Å². The van der Waals surface area contributed by atoms with Crippen LogP contribution in [0.15, 0.2) is 18.2 Å². The summed E-state index contributed by atoms with van der Waals surface area (Å²) in [5.41, 5.74) is 2.34. The molecule has 90 valence electrons. The molecular formula is C13H20ClNO. The number of aliphatic hydroxyl groups excluding tert-OH is 1. The minimum atomic E-state index is 0.299. The van der Waals surface area contributed by atoms with Crippen LogP contribution in [0.1, 0.15) is 30.4 Å². The van der Waals surface area contributed by atoms with E-state index in [4.69, 9.17) is 16.7 Å². The molecule has 1 aromatic carbocycles. The van der Waals surface area contributed by atoms with E-state index in [1.807, 2.05) is 19.1 Å². The maximum absolute atomic E-state index is 8.62. The van der Waals surface area contributed by atoms with Gasteiger partial charge in [-0.15, -0.1) is 0 Å². The molecule has 1 rings (SSSR count). The predicted octanol–water partition coefficient (Wildman–Crippen LogP) is 2.90. The zero-order valence-corrected chi connectivity index (χ0v) is 10.6. The quantitative estimate of drug-likeness (QED) is 0.720. The molecular weight excluding hydrogens is 222 g/mol. The number of rotatable bonds is 7. The van der Waals surface area contributed by atoms with E-state index < -0.39 is 0 Å². The van der Waals surface area contributed by atoms with Gasteiger partial charge in [0.1, 0.15) is 0 Å². The summed E-state index contributed by atoms with van der Waals surface area (Å²) >= 11 is 6.04. The number of nitrogens with one attached hydrogen (secondary N) is 1. The molecule has 0 radical (unpaired) electrons. The van der Waals surface area contributed by atoms with Gasteiger partial charge in [-0.1, -0.05) is 23.7 Å². The van der Waals surface area contributed by atoms with Gasteiger partial charge in [0.15, 0.2) is 0 Å². The second-order valence-corrected chi connectivity index (χ2v) is 4.45. The van der Waals surface area contributed by atoms with Gasteiger partial charge in [-0.05, 0) is 49.9 Å². The summed E-state index contributed by atoms with van der Waals surface area (Å²) in [7, 11) is 0. The Kier molecular flexibility index (Phi) is 6.46. The second kappa shape index (κ2) is 7.66. The minimum Gasteiger partial charge on any atom is -0.396 e. The van der Waals surface area contributed by atoms with Crippen molar-refractivity contribution in [3.8, 4) is 0 Å². The van der Waals surface area contributed by atoms with Crippen LogP contribution >= 0.6 is 11.6 Å². The fraction of sp³-hybridized carbons (Fsp3) is 0.538. The van der Waals surface area contributed by atoms with Crippen molar-refractivity contribution < 1.29 is 5.11 Å². The summed E-state index contributed by atoms with van der Waals surface area (Å²) in [5.74, 6) is 0. The van der Waals surface area contributed by atoms with E-state index in [2.05, 4.69) is 11.4 Å². The van der Waals surface area contributed by atoms with E-state index in [1.54, 1.807) is 0 Å².